The van der Waals surface area contributed by atoms with Crippen LogP contribution in [0.3, 0.4) is 0 Å². The molecule has 0 atom stereocenters. The minimum Gasteiger partial charge on any atom is -0.383 e. The van der Waals surface area contributed by atoms with Gasteiger partial charge in [0.15, 0.2) is 5.96 Å². The molecule has 0 saturated carbocycles. The molecule has 1 heterocycles. The van der Waals surface area contributed by atoms with Gasteiger partial charge in [0.05, 0.1) is 6.61 Å². The van der Waals surface area contributed by atoms with Crippen LogP contribution in [0.1, 0.15) is 11.3 Å². The average molecular weight is 288 g/mol. The standard InChI is InChI=1S/C16H24N4O/c1-12-13(14-6-4-5-7-15(14)20-12)8-9-18-16(17-2)19-10-11-21-3/h4-7,20H,8-11H2,1-3H3,(H2,17,18,19). The van der Waals surface area contributed by atoms with Gasteiger partial charge in [0.1, 0.15) is 0 Å². The van der Waals surface area contributed by atoms with Crippen LogP contribution < -0.4 is 10.6 Å². The normalized spacial score (nSPS) is 11.9. The van der Waals surface area contributed by atoms with E-state index in [-0.39, 0.29) is 0 Å². The summed E-state index contributed by atoms with van der Waals surface area (Å²) in [5.74, 6) is 0.810. The highest BCUT2D eigenvalue weighted by atomic mass is 16.5. The van der Waals surface area contributed by atoms with Gasteiger partial charge in [0.25, 0.3) is 0 Å². The van der Waals surface area contributed by atoms with Crippen molar-refractivity contribution in [1.29, 1.82) is 0 Å². The third kappa shape index (κ3) is 3.98. The van der Waals surface area contributed by atoms with Crippen molar-refractivity contribution in [2.24, 2.45) is 4.99 Å². The second-order valence-electron chi connectivity index (χ2n) is 4.94. The number of hydrogen-bond acceptors (Lipinski definition) is 2. The molecule has 3 N–H and O–H groups in total. The lowest BCUT2D eigenvalue weighted by atomic mass is 10.1. The van der Waals surface area contributed by atoms with Crippen LogP contribution in [0.4, 0.5) is 0 Å². The number of H-pyrrole nitrogens is 1. The number of para-hydroxylation sites is 1. The highest BCUT2D eigenvalue weighted by Gasteiger charge is 2.07. The summed E-state index contributed by atoms with van der Waals surface area (Å²) in [6.07, 6.45) is 0.959. The molecule has 0 aliphatic carbocycles. The van der Waals surface area contributed by atoms with Gasteiger partial charge >= 0.3 is 0 Å². The molecule has 0 aliphatic rings. The van der Waals surface area contributed by atoms with Gasteiger partial charge in [0, 0.05) is 43.8 Å². The van der Waals surface area contributed by atoms with E-state index >= 15 is 0 Å². The summed E-state index contributed by atoms with van der Waals surface area (Å²) in [7, 11) is 3.47. The van der Waals surface area contributed by atoms with Crippen LogP contribution in [0.5, 0.6) is 0 Å². The van der Waals surface area contributed by atoms with Crippen LogP contribution in [0, 0.1) is 6.92 Å². The first-order valence-corrected chi connectivity index (χ1v) is 7.26. The topological polar surface area (TPSA) is 61.4 Å². The number of fused-ring (bicyclic) bond motifs is 1. The monoisotopic (exact) mass is 288 g/mol. The Labute approximate surface area is 125 Å². The largest absolute Gasteiger partial charge is 0.383 e. The number of aliphatic imine (C=N–C) groups is 1. The highest BCUT2D eigenvalue weighted by Crippen LogP contribution is 2.21. The molecule has 0 spiro atoms. The Morgan fingerprint density at radius 1 is 1.24 bits per heavy atom. The van der Waals surface area contributed by atoms with Crippen molar-refractivity contribution in [3.63, 3.8) is 0 Å². The SMILES string of the molecule is CN=C(NCCOC)NCCc1c(C)[nH]c2ccccc12. The second kappa shape index (κ2) is 7.69. The van der Waals surface area contributed by atoms with Gasteiger partial charge < -0.3 is 20.4 Å². The Morgan fingerprint density at radius 3 is 2.76 bits per heavy atom. The fourth-order valence-corrected chi connectivity index (χ4v) is 2.45. The van der Waals surface area contributed by atoms with Crippen LogP contribution in [-0.2, 0) is 11.2 Å². The minimum atomic E-state index is 0.669. The van der Waals surface area contributed by atoms with Gasteiger partial charge in [-0.3, -0.25) is 4.99 Å². The maximum absolute atomic E-state index is 5.01. The predicted molar refractivity (Wildman–Crippen MR) is 88.0 cm³/mol. The molecule has 0 bridgehead atoms. The summed E-state index contributed by atoms with van der Waals surface area (Å²) in [5, 5.41) is 7.84. The molecule has 1 aromatic heterocycles. The predicted octanol–water partition coefficient (Wildman–Crippen LogP) is 1.83. The molecular formula is C16H24N4O. The first kappa shape index (κ1) is 15.4. The van der Waals surface area contributed by atoms with E-state index in [4.69, 9.17) is 4.74 Å². The van der Waals surface area contributed by atoms with Crippen molar-refractivity contribution in [2.75, 3.05) is 33.9 Å². The molecule has 114 valence electrons. The number of guanidine groups is 1. The van der Waals surface area contributed by atoms with E-state index < -0.39 is 0 Å². The Kier molecular flexibility index (Phi) is 5.63. The van der Waals surface area contributed by atoms with E-state index in [2.05, 4.69) is 51.8 Å². The fraction of sp³-hybridized carbons (Fsp3) is 0.438. The quantitative estimate of drug-likeness (QED) is 0.432. The van der Waals surface area contributed by atoms with Crippen LogP contribution in [0.15, 0.2) is 29.3 Å². The van der Waals surface area contributed by atoms with Crippen LogP contribution in [0.2, 0.25) is 0 Å². The lowest BCUT2D eigenvalue weighted by Crippen LogP contribution is -2.39. The first-order chi connectivity index (χ1) is 10.3. The van der Waals surface area contributed by atoms with Crippen molar-refractivity contribution in [3.05, 3.63) is 35.5 Å². The molecule has 2 rings (SSSR count). The summed E-state index contributed by atoms with van der Waals surface area (Å²) in [6, 6.07) is 8.42. The van der Waals surface area contributed by atoms with Crippen LogP contribution >= 0.6 is 0 Å². The zero-order chi connectivity index (χ0) is 15.1. The van der Waals surface area contributed by atoms with E-state index in [9.17, 15) is 0 Å². The molecule has 5 heteroatoms. The van der Waals surface area contributed by atoms with Gasteiger partial charge in [0.2, 0.25) is 0 Å². The van der Waals surface area contributed by atoms with Crippen molar-refractivity contribution in [2.45, 2.75) is 13.3 Å². The van der Waals surface area contributed by atoms with Crippen molar-refractivity contribution >= 4 is 16.9 Å². The molecule has 0 fully saturated rings. The number of ether oxygens (including phenoxy) is 1. The maximum Gasteiger partial charge on any atom is 0.191 e. The van der Waals surface area contributed by atoms with Gasteiger partial charge in [-0.15, -0.1) is 0 Å². The molecule has 0 saturated heterocycles. The number of methoxy groups -OCH3 is 1. The average Bonchev–Trinajstić information content (AvgIpc) is 2.82. The van der Waals surface area contributed by atoms with E-state index in [0.29, 0.717) is 6.61 Å². The van der Waals surface area contributed by atoms with Crippen LogP contribution in [0.25, 0.3) is 10.9 Å². The van der Waals surface area contributed by atoms with E-state index in [1.807, 2.05) is 0 Å². The summed E-state index contributed by atoms with van der Waals surface area (Å²) < 4.78 is 5.01. The lowest BCUT2D eigenvalue weighted by molar-refractivity contribution is 0.203. The Balaban J connectivity index is 1.91. The summed E-state index contributed by atoms with van der Waals surface area (Å²) in [5.41, 5.74) is 3.80. The molecule has 1 aromatic carbocycles. The van der Waals surface area contributed by atoms with E-state index in [1.165, 1.54) is 22.2 Å². The number of nitrogens with zero attached hydrogens (tertiary/aromatic N) is 1. The molecule has 5 nitrogen and oxygen atoms in total. The van der Waals surface area contributed by atoms with Gasteiger partial charge in [-0.25, -0.2) is 0 Å². The number of benzene rings is 1. The molecule has 0 amide bonds. The number of aromatic amines is 1. The van der Waals surface area contributed by atoms with Gasteiger partial charge in [-0.2, -0.15) is 0 Å². The Hall–Kier alpha value is -2.01. The van der Waals surface area contributed by atoms with E-state index in [0.717, 1.165) is 25.5 Å². The van der Waals surface area contributed by atoms with Crippen molar-refractivity contribution in [3.8, 4) is 0 Å². The van der Waals surface area contributed by atoms with E-state index in [1.54, 1.807) is 14.2 Å². The zero-order valence-electron chi connectivity index (χ0n) is 13.0. The summed E-state index contributed by atoms with van der Waals surface area (Å²) in [4.78, 5) is 7.63. The molecule has 0 aliphatic heterocycles. The maximum atomic E-state index is 5.01. The molecule has 0 radical (unpaired) electrons. The van der Waals surface area contributed by atoms with Gasteiger partial charge in [-0.05, 0) is 25.0 Å². The summed E-state index contributed by atoms with van der Waals surface area (Å²) >= 11 is 0. The first-order valence-electron chi connectivity index (χ1n) is 7.26. The molecular weight excluding hydrogens is 264 g/mol. The molecule has 0 unspecified atom stereocenters. The summed E-state index contributed by atoms with van der Waals surface area (Å²) in [6.45, 7) is 4.39. The molecule has 2 aromatic rings. The van der Waals surface area contributed by atoms with Crippen LogP contribution in [-0.4, -0.2) is 44.8 Å². The zero-order valence-corrected chi connectivity index (χ0v) is 13.0. The lowest BCUT2D eigenvalue weighted by Gasteiger charge is -2.11. The minimum absolute atomic E-state index is 0.669. The Bertz CT molecular complexity index is 603. The number of rotatable bonds is 6. The fourth-order valence-electron chi connectivity index (χ4n) is 2.45. The third-order valence-electron chi connectivity index (χ3n) is 3.52. The smallest absolute Gasteiger partial charge is 0.191 e. The van der Waals surface area contributed by atoms with Crippen molar-refractivity contribution < 1.29 is 4.74 Å². The van der Waals surface area contributed by atoms with Gasteiger partial charge in [-0.1, -0.05) is 18.2 Å². The number of aromatic nitrogens is 1. The second-order valence-corrected chi connectivity index (χ2v) is 4.94. The highest BCUT2D eigenvalue weighted by molar-refractivity contribution is 5.84. The molecule has 21 heavy (non-hydrogen) atoms. The van der Waals surface area contributed by atoms with Crippen molar-refractivity contribution in [1.82, 2.24) is 15.6 Å². The number of hydrogen-bond donors (Lipinski definition) is 3. The third-order valence-corrected chi connectivity index (χ3v) is 3.52. The Morgan fingerprint density at radius 2 is 2.00 bits per heavy atom. The number of nitrogens with one attached hydrogen (secondary N) is 3. The number of aryl methyl sites for hydroxylation is 1.